The van der Waals surface area contributed by atoms with E-state index in [1.165, 1.54) is 5.56 Å². The Kier molecular flexibility index (Phi) is 4.71. The molecule has 0 aliphatic rings. The van der Waals surface area contributed by atoms with Gasteiger partial charge >= 0.3 is 0 Å². The Labute approximate surface area is 135 Å². The van der Waals surface area contributed by atoms with Crippen LogP contribution in [0.2, 0.25) is 0 Å². The van der Waals surface area contributed by atoms with Crippen molar-refractivity contribution < 1.29 is 9.94 Å². The summed E-state index contributed by atoms with van der Waals surface area (Å²) in [4.78, 5) is 4.76. The summed E-state index contributed by atoms with van der Waals surface area (Å²) in [7, 11) is 0. The van der Waals surface area contributed by atoms with Crippen LogP contribution in [0.3, 0.4) is 0 Å². The standard InChI is InChI=1S/C20H19NO2/c21-23-12-11-18-13-16(15-5-2-1-3-6-15)9-10-20(18)17-7-4-8-19(22)14-17/h1-10,13-14,22H,11-12,21H2. The summed E-state index contributed by atoms with van der Waals surface area (Å²) in [6.45, 7) is 0.448. The molecule has 0 aliphatic heterocycles. The van der Waals surface area contributed by atoms with Crippen LogP contribution in [0.4, 0.5) is 0 Å². The van der Waals surface area contributed by atoms with Crippen molar-refractivity contribution in [3.63, 3.8) is 0 Å². The number of aromatic hydroxyl groups is 1. The van der Waals surface area contributed by atoms with Crippen molar-refractivity contribution in [3.05, 3.63) is 78.4 Å². The zero-order valence-corrected chi connectivity index (χ0v) is 12.8. The lowest BCUT2D eigenvalue weighted by molar-refractivity contribution is 0.141. The molecular formula is C20H19NO2. The lowest BCUT2D eigenvalue weighted by Gasteiger charge is -2.12. The van der Waals surface area contributed by atoms with Gasteiger partial charge in [0.25, 0.3) is 0 Å². The van der Waals surface area contributed by atoms with Crippen LogP contribution in [-0.2, 0) is 11.3 Å². The third-order valence-electron chi connectivity index (χ3n) is 3.86. The minimum Gasteiger partial charge on any atom is -0.508 e. The number of hydrogen-bond acceptors (Lipinski definition) is 3. The predicted octanol–water partition coefficient (Wildman–Crippen LogP) is 4.16. The van der Waals surface area contributed by atoms with Gasteiger partial charge in [-0.1, -0.05) is 60.7 Å². The Morgan fingerprint density at radius 3 is 2.30 bits per heavy atom. The number of phenols is 1. The third kappa shape index (κ3) is 3.59. The number of rotatable bonds is 5. The first-order valence-corrected chi connectivity index (χ1v) is 7.57. The first-order chi connectivity index (χ1) is 11.3. The van der Waals surface area contributed by atoms with Gasteiger partial charge in [0, 0.05) is 0 Å². The van der Waals surface area contributed by atoms with E-state index < -0.39 is 0 Å². The van der Waals surface area contributed by atoms with Crippen molar-refractivity contribution in [2.75, 3.05) is 6.61 Å². The van der Waals surface area contributed by atoms with Gasteiger partial charge in [0.05, 0.1) is 6.61 Å². The second-order valence-corrected chi connectivity index (χ2v) is 5.41. The number of phenolic OH excluding ortho intramolecular Hbond substituents is 1. The second-order valence-electron chi connectivity index (χ2n) is 5.41. The topological polar surface area (TPSA) is 55.5 Å². The minimum absolute atomic E-state index is 0.260. The smallest absolute Gasteiger partial charge is 0.116 e. The molecule has 0 spiro atoms. The number of hydrogen-bond donors (Lipinski definition) is 2. The molecule has 0 saturated heterocycles. The first-order valence-electron chi connectivity index (χ1n) is 7.57. The van der Waals surface area contributed by atoms with E-state index in [1.54, 1.807) is 12.1 Å². The Bertz CT molecular complexity index is 785. The zero-order valence-electron chi connectivity index (χ0n) is 12.8. The fraction of sp³-hybridized carbons (Fsp3) is 0.100. The van der Waals surface area contributed by atoms with Crippen molar-refractivity contribution in [3.8, 4) is 28.0 Å². The highest BCUT2D eigenvalue weighted by Gasteiger charge is 2.08. The SMILES string of the molecule is NOCCc1cc(-c2ccccc2)ccc1-c1cccc(O)c1. The average Bonchev–Trinajstić information content (AvgIpc) is 2.60. The lowest BCUT2D eigenvalue weighted by atomic mass is 9.93. The maximum Gasteiger partial charge on any atom is 0.116 e. The maximum absolute atomic E-state index is 9.73. The molecule has 0 bridgehead atoms. The van der Waals surface area contributed by atoms with E-state index in [-0.39, 0.29) is 5.75 Å². The van der Waals surface area contributed by atoms with Crippen LogP contribution in [0.25, 0.3) is 22.3 Å². The van der Waals surface area contributed by atoms with Gasteiger partial charge in [-0.2, -0.15) is 0 Å². The molecule has 0 saturated carbocycles. The van der Waals surface area contributed by atoms with Gasteiger partial charge in [-0.15, -0.1) is 0 Å². The molecule has 0 unspecified atom stereocenters. The van der Waals surface area contributed by atoms with Gasteiger partial charge in [0.1, 0.15) is 5.75 Å². The van der Waals surface area contributed by atoms with Crippen molar-refractivity contribution in [1.29, 1.82) is 0 Å². The summed E-state index contributed by atoms with van der Waals surface area (Å²) in [6, 6.07) is 23.9. The highest BCUT2D eigenvalue weighted by Crippen LogP contribution is 2.31. The van der Waals surface area contributed by atoms with Crippen LogP contribution in [0.5, 0.6) is 5.75 Å². The van der Waals surface area contributed by atoms with E-state index in [0.29, 0.717) is 13.0 Å². The van der Waals surface area contributed by atoms with Crippen molar-refractivity contribution >= 4 is 0 Å². The van der Waals surface area contributed by atoms with Gasteiger partial charge in [0.15, 0.2) is 0 Å². The van der Waals surface area contributed by atoms with E-state index in [9.17, 15) is 5.11 Å². The monoisotopic (exact) mass is 305 g/mol. The zero-order chi connectivity index (χ0) is 16.1. The quantitative estimate of drug-likeness (QED) is 0.696. The van der Waals surface area contributed by atoms with Crippen molar-refractivity contribution in [2.45, 2.75) is 6.42 Å². The van der Waals surface area contributed by atoms with Crippen LogP contribution in [0.15, 0.2) is 72.8 Å². The molecule has 0 fully saturated rings. The maximum atomic E-state index is 9.73. The molecule has 0 aromatic heterocycles. The van der Waals surface area contributed by atoms with Crippen LogP contribution in [0.1, 0.15) is 5.56 Å². The Morgan fingerprint density at radius 2 is 1.57 bits per heavy atom. The van der Waals surface area contributed by atoms with E-state index in [1.807, 2.05) is 30.3 Å². The first kappa shape index (κ1) is 15.3. The molecule has 0 radical (unpaired) electrons. The summed E-state index contributed by atoms with van der Waals surface area (Å²) in [5, 5.41) is 9.73. The fourth-order valence-corrected chi connectivity index (χ4v) is 2.73. The van der Waals surface area contributed by atoms with Crippen LogP contribution >= 0.6 is 0 Å². The molecule has 3 N–H and O–H groups in total. The average molecular weight is 305 g/mol. The van der Waals surface area contributed by atoms with Crippen molar-refractivity contribution in [1.82, 2.24) is 0 Å². The Balaban J connectivity index is 2.05. The molecule has 0 amide bonds. The third-order valence-corrected chi connectivity index (χ3v) is 3.86. The number of nitrogens with two attached hydrogens (primary N) is 1. The van der Waals surface area contributed by atoms with E-state index in [0.717, 1.165) is 22.3 Å². The summed E-state index contributed by atoms with van der Waals surface area (Å²) < 4.78 is 0. The van der Waals surface area contributed by atoms with Gasteiger partial charge in [-0.25, -0.2) is 5.90 Å². The second kappa shape index (κ2) is 7.09. The van der Waals surface area contributed by atoms with E-state index in [2.05, 4.69) is 30.3 Å². The molecule has 0 aliphatic carbocycles. The Morgan fingerprint density at radius 1 is 0.783 bits per heavy atom. The predicted molar refractivity (Wildman–Crippen MR) is 92.8 cm³/mol. The molecule has 3 aromatic carbocycles. The lowest BCUT2D eigenvalue weighted by Crippen LogP contribution is -2.04. The normalized spacial score (nSPS) is 10.7. The molecule has 116 valence electrons. The van der Waals surface area contributed by atoms with E-state index >= 15 is 0 Å². The minimum atomic E-state index is 0.260. The molecule has 3 nitrogen and oxygen atoms in total. The highest BCUT2D eigenvalue weighted by atomic mass is 16.6. The molecule has 3 heteroatoms. The van der Waals surface area contributed by atoms with E-state index in [4.69, 9.17) is 10.7 Å². The Hall–Kier alpha value is -2.62. The van der Waals surface area contributed by atoms with Crippen LogP contribution in [0, 0.1) is 0 Å². The van der Waals surface area contributed by atoms with Crippen LogP contribution in [-0.4, -0.2) is 11.7 Å². The molecular weight excluding hydrogens is 286 g/mol. The largest absolute Gasteiger partial charge is 0.508 e. The molecule has 0 heterocycles. The van der Waals surface area contributed by atoms with Gasteiger partial charge < -0.3 is 9.94 Å². The fourth-order valence-electron chi connectivity index (χ4n) is 2.73. The highest BCUT2D eigenvalue weighted by molar-refractivity contribution is 5.74. The molecule has 0 atom stereocenters. The van der Waals surface area contributed by atoms with Gasteiger partial charge in [-0.05, 0) is 46.4 Å². The van der Waals surface area contributed by atoms with Crippen LogP contribution < -0.4 is 5.90 Å². The van der Waals surface area contributed by atoms with Gasteiger partial charge in [-0.3, -0.25) is 0 Å². The number of benzene rings is 3. The molecule has 3 rings (SSSR count). The van der Waals surface area contributed by atoms with Crippen molar-refractivity contribution in [2.24, 2.45) is 5.90 Å². The molecule has 23 heavy (non-hydrogen) atoms. The summed E-state index contributed by atoms with van der Waals surface area (Å²) in [6.07, 6.45) is 0.710. The summed E-state index contributed by atoms with van der Waals surface area (Å²) >= 11 is 0. The van der Waals surface area contributed by atoms with Gasteiger partial charge in [0.2, 0.25) is 0 Å². The summed E-state index contributed by atoms with van der Waals surface area (Å²) in [5.74, 6) is 5.46. The summed E-state index contributed by atoms with van der Waals surface area (Å²) in [5.41, 5.74) is 5.53. The molecule has 3 aromatic rings.